The maximum absolute atomic E-state index is 14.1. The van der Waals surface area contributed by atoms with Gasteiger partial charge in [-0.1, -0.05) is 35.9 Å². The summed E-state index contributed by atoms with van der Waals surface area (Å²) in [5.74, 6) is -0.302. The van der Waals surface area contributed by atoms with Crippen LogP contribution in [0.4, 0.5) is 4.39 Å². The zero-order valence-electron chi connectivity index (χ0n) is 12.9. The summed E-state index contributed by atoms with van der Waals surface area (Å²) in [6.45, 7) is 1.78. The number of halogens is 2. The van der Waals surface area contributed by atoms with Crippen molar-refractivity contribution in [3.63, 3.8) is 0 Å². The fourth-order valence-corrected chi connectivity index (χ4v) is 3.13. The normalized spacial score (nSPS) is 18.9. The van der Waals surface area contributed by atoms with Crippen molar-refractivity contribution < 1.29 is 9.18 Å². The molecule has 1 aliphatic heterocycles. The van der Waals surface area contributed by atoms with Gasteiger partial charge in [-0.25, -0.2) is 4.39 Å². The Hall–Kier alpha value is -1.91. The van der Waals surface area contributed by atoms with Crippen molar-refractivity contribution in [1.29, 1.82) is 0 Å². The van der Waals surface area contributed by atoms with E-state index < -0.39 is 0 Å². The Morgan fingerprint density at radius 3 is 2.70 bits per heavy atom. The lowest BCUT2D eigenvalue weighted by Crippen LogP contribution is -2.49. The summed E-state index contributed by atoms with van der Waals surface area (Å²) in [6.07, 6.45) is 0. The van der Waals surface area contributed by atoms with Gasteiger partial charge in [0, 0.05) is 35.8 Å². The van der Waals surface area contributed by atoms with Gasteiger partial charge in [0.25, 0.3) is 5.91 Å². The largest absolute Gasteiger partial charge is 0.335 e. The number of hydrogen-bond acceptors (Lipinski definition) is 2. The van der Waals surface area contributed by atoms with Gasteiger partial charge in [0.05, 0.1) is 6.04 Å². The van der Waals surface area contributed by atoms with E-state index in [4.69, 9.17) is 11.6 Å². The number of hydrogen-bond donors (Lipinski definition) is 0. The number of rotatable bonds is 2. The molecule has 120 valence electrons. The van der Waals surface area contributed by atoms with Gasteiger partial charge in [-0.2, -0.15) is 0 Å². The standard InChI is InChI=1S/C18H18ClFN2O/c1-21-9-10-22(18(23)13-5-4-6-14(19)11-13)12-17(21)15-7-2-3-8-16(15)20/h2-8,11,17H,9-10,12H2,1H3. The average Bonchev–Trinajstić information content (AvgIpc) is 2.55. The van der Waals surface area contributed by atoms with Crippen molar-refractivity contribution >= 4 is 17.5 Å². The van der Waals surface area contributed by atoms with Gasteiger partial charge in [-0.05, 0) is 31.3 Å². The summed E-state index contributed by atoms with van der Waals surface area (Å²) < 4.78 is 14.1. The monoisotopic (exact) mass is 332 g/mol. The van der Waals surface area contributed by atoms with Crippen LogP contribution in [0.25, 0.3) is 0 Å². The van der Waals surface area contributed by atoms with Crippen molar-refractivity contribution in [2.24, 2.45) is 0 Å². The Bertz CT molecular complexity index is 722. The van der Waals surface area contributed by atoms with Gasteiger partial charge < -0.3 is 4.90 Å². The minimum atomic E-state index is -0.235. The Kier molecular flexibility index (Phi) is 4.64. The van der Waals surface area contributed by atoms with Crippen LogP contribution in [0.5, 0.6) is 0 Å². The fourth-order valence-electron chi connectivity index (χ4n) is 2.94. The highest BCUT2D eigenvalue weighted by molar-refractivity contribution is 6.30. The lowest BCUT2D eigenvalue weighted by molar-refractivity contribution is 0.0540. The van der Waals surface area contributed by atoms with Gasteiger partial charge in [0.2, 0.25) is 0 Å². The quantitative estimate of drug-likeness (QED) is 0.838. The van der Waals surface area contributed by atoms with E-state index in [0.29, 0.717) is 35.8 Å². The molecule has 1 heterocycles. The molecule has 0 radical (unpaired) electrons. The van der Waals surface area contributed by atoms with Crippen LogP contribution in [0.1, 0.15) is 22.0 Å². The van der Waals surface area contributed by atoms with Crippen molar-refractivity contribution in [3.8, 4) is 0 Å². The lowest BCUT2D eigenvalue weighted by atomic mass is 10.0. The molecule has 2 aromatic carbocycles. The number of piperazine rings is 1. The van der Waals surface area contributed by atoms with E-state index in [2.05, 4.69) is 4.90 Å². The van der Waals surface area contributed by atoms with Crippen molar-refractivity contribution in [3.05, 3.63) is 70.5 Å². The SMILES string of the molecule is CN1CCN(C(=O)c2cccc(Cl)c2)CC1c1ccccc1F. The van der Waals surface area contributed by atoms with Gasteiger partial charge >= 0.3 is 0 Å². The number of carbonyl (C=O) groups is 1. The van der Waals surface area contributed by atoms with Gasteiger partial charge in [0.15, 0.2) is 0 Å². The van der Waals surface area contributed by atoms with Crippen LogP contribution in [0, 0.1) is 5.82 Å². The second-order valence-corrected chi connectivity index (χ2v) is 6.22. The smallest absolute Gasteiger partial charge is 0.254 e. The van der Waals surface area contributed by atoms with Crippen molar-refractivity contribution in [2.45, 2.75) is 6.04 Å². The molecule has 1 unspecified atom stereocenters. The van der Waals surface area contributed by atoms with Gasteiger partial charge in [-0.3, -0.25) is 9.69 Å². The first-order valence-corrected chi connectivity index (χ1v) is 7.93. The van der Waals surface area contributed by atoms with E-state index in [9.17, 15) is 9.18 Å². The molecule has 5 heteroatoms. The number of carbonyl (C=O) groups excluding carboxylic acids is 1. The topological polar surface area (TPSA) is 23.6 Å². The Balaban J connectivity index is 1.83. The highest BCUT2D eigenvalue weighted by Gasteiger charge is 2.30. The summed E-state index contributed by atoms with van der Waals surface area (Å²) in [4.78, 5) is 16.5. The molecule has 0 aromatic heterocycles. The summed E-state index contributed by atoms with van der Waals surface area (Å²) in [5, 5.41) is 0.538. The summed E-state index contributed by atoms with van der Waals surface area (Å²) in [5.41, 5.74) is 1.19. The molecule has 23 heavy (non-hydrogen) atoms. The molecule has 1 saturated heterocycles. The van der Waals surface area contributed by atoms with Crippen LogP contribution in [0.3, 0.4) is 0 Å². The minimum Gasteiger partial charge on any atom is -0.335 e. The molecule has 1 fully saturated rings. The predicted octanol–water partition coefficient (Wildman–Crippen LogP) is 3.61. The molecule has 1 aliphatic rings. The molecule has 1 atom stereocenters. The van der Waals surface area contributed by atoms with E-state index in [1.807, 2.05) is 13.1 Å². The highest BCUT2D eigenvalue weighted by atomic mass is 35.5. The molecule has 0 saturated carbocycles. The molecule has 2 aromatic rings. The first-order valence-electron chi connectivity index (χ1n) is 7.56. The molecule has 3 nitrogen and oxygen atoms in total. The van der Waals surface area contributed by atoms with Crippen LogP contribution in [0.2, 0.25) is 5.02 Å². The maximum Gasteiger partial charge on any atom is 0.254 e. The number of likely N-dealkylation sites (N-methyl/N-ethyl adjacent to an activating group) is 1. The zero-order valence-corrected chi connectivity index (χ0v) is 13.6. The lowest BCUT2D eigenvalue weighted by Gasteiger charge is -2.39. The summed E-state index contributed by atoms with van der Waals surface area (Å²) in [6, 6.07) is 13.5. The molecule has 3 rings (SSSR count). The van der Waals surface area contributed by atoms with Crippen LogP contribution < -0.4 is 0 Å². The van der Waals surface area contributed by atoms with Crippen LogP contribution in [0.15, 0.2) is 48.5 Å². The molecule has 1 amide bonds. The van der Waals surface area contributed by atoms with Gasteiger partial charge in [0.1, 0.15) is 5.82 Å². The zero-order chi connectivity index (χ0) is 16.4. The van der Waals surface area contributed by atoms with E-state index >= 15 is 0 Å². The summed E-state index contributed by atoms with van der Waals surface area (Å²) in [7, 11) is 1.96. The third-order valence-corrected chi connectivity index (χ3v) is 4.51. The molecular formula is C18H18ClFN2O. The Morgan fingerprint density at radius 2 is 1.96 bits per heavy atom. The van der Waals surface area contributed by atoms with Crippen LogP contribution in [-0.2, 0) is 0 Å². The van der Waals surface area contributed by atoms with E-state index in [1.54, 1.807) is 41.3 Å². The predicted molar refractivity (Wildman–Crippen MR) is 89.1 cm³/mol. The molecule has 0 aliphatic carbocycles. The number of nitrogens with zero attached hydrogens (tertiary/aromatic N) is 2. The number of amides is 1. The number of benzene rings is 2. The van der Waals surface area contributed by atoms with Crippen molar-refractivity contribution in [2.75, 3.05) is 26.7 Å². The molecule has 0 N–H and O–H groups in total. The fraction of sp³-hybridized carbons (Fsp3) is 0.278. The molecule has 0 bridgehead atoms. The highest BCUT2D eigenvalue weighted by Crippen LogP contribution is 2.27. The first-order chi connectivity index (χ1) is 11.1. The third-order valence-electron chi connectivity index (χ3n) is 4.27. The van der Waals surface area contributed by atoms with Gasteiger partial charge in [-0.15, -0.1) is 0 Å². The Morgan fingerprint density at radius 1 is 1.17 bits per heavy atom. The van der Waals surface area contributed by atoms with E-state index in [1.165, 1.54) is 6.07 Å². The average molecular weight is 333 g/mol. The minimum absolute atomic E-state index is 0.0676. The molecule has 0 spiro atoms. The van der Waals surface area contributed by atoms with E-state index in [-0.39, 0.29) is 17.8 Å². The second-order valence-electron chi connectivity index (χ2n) is 5.78. The van der Waals surface area contributed by atoms with E-state index in [0.717, 1.165) is 0 Å². The Labute approximate surface area is 140 Å². The second kappa shape index (κ2) is 6.69. The first kappa shape index (κ1) is 16.0. The van der Waals surface area contributed by atoms with Crippen molar-refractivity contribution in [1.82, 2.24) is 9.80 Å². The third kappa shape index (κ3) is 3.38. The maximum atomic E-state index is 14.1. The van der Waals surface area contributed by atoms with Crippen LogP contribution in [-0.4, -0.2) is 42.4 Å². The molecular weight excluding hydrogens is 315 g/mol. The summed E-state index contributed by atoms with van der Waals surface area (Å²) >= 11 is 5.97. The van der Waals surface area contributed by atoms with Crippen LogP contribution >= 0.6 is 11.6 Å².